The van der Waals surface area contributed by atoms with E-state index in [4.69, 9.17) is 40.6 Å². The molecule has 4 aliphatic carbocycles. The topological polar surface area (TPSA) is 89.5 Å². The van der Waals surface area contributed by atoms with Gasteiger partial charge in [-0.2, -0.15) is 0 Å². The van der Waals surface area contributed by atoms with Crippen molar-refractivity contribution in [1.29, 1.82) is 0 Å². The number of thiocarbonyl (C=S) groups is 1. The fourth-order valence-corrected chi connectivity index (χ4v) is 19.6. The van der Waals surface area contributed by atoms with Gasteiger partial charge in [0.05, 0.1) is 45.7 Å². The van der Waals surface area contributed by atoms with Gasteiger partial charge in [-0.15, -0.1) is 47.0 Å². The van der Waals surface area contributed by atoms with Crippen LogP contribution in [0.5, 0.6) is 0 Å². The molecule has 314 valence electrons. The van der Waals surface area contributed by atoms with E-state index in [1.165, 1.54) is 26.0 Å². The summed E-state index contributed by atoms with van der Waals surface area (Å²) in [6, 6.07) is 0. The Bertz CT molecular complexity index is 1500. The molecule has 14 heteroatoms. The molecule has 0 N–H and O–H groups in total. The van der Waals surface area contributed by atoms with Gasteiger partial charge in [0, 0.05) is 18.9 Å². The van der Waals surface area contributed by atoms with Crippen molar-refractivity contribution in [1.82, 2.24) is 0 Å². The maximum atomic E-state index is 15.1. The van der Waals surface area contributed by atoms with Crippen molar-refractivity contribution in [3.63, 3.8) is 0 Å². The van der Waals surface area contributed by atoms with Gasteiger partial charge in [-0.3, -0.25) is 9.59 Å². The van der Waals surface area contributed by atoms with Crippen LogP contribution in [-0.2, 0) is 38.0 Å². The van der Waals surface area contributed by atoms with Crippen molar-refractivity contribution in [3.8, 4) is 0 Å². The zero-order valence-corrected chi connectivity index (χ0v) is 38.9. The van der Waals surface area contributed by atoms with Gasteiger partial charge >= 0.3 is 11.9 Å². The Kier molecular flexibility index (Phi) is 14.2. The largest absolute Gasteiger partial charge is 0.469 e. The number of carbonyl (C=O) groups excluding carboxylic acids is 2. The second kappa shape index (κ2) is 18.1. The molecule has 4 aliphatic heterocycles. The molecule has 56 heavy (non-hydrogen) atoms. The lowest BCUT2D eigenvalue weighted by molar-refractivity contribution is -0.433. The van der Waals surface area contributed by atoms with Gasteiger partial charge < -0.3 is 28.4 Å². The van der Waals surface area contributed by atoms with Crippen LogP contribution in [0.3, 0.4) is 0 Å². The first-order valence-corrected chi connectivity index (χ1v) is 26.4. The lowest BCUT2D eigenvalue weighted by atomic mass is 9.38. The van der Waals surface area contributed by atoms with E-state index in [2.05, 4.69) is 38.2 Å². The van der Waals surface area contributed by atoms with Crippen molar-refractivity contribution >= 4 is 87.3 Å². The summed E-state index contributed by atoms with van der Waals surface area (Å²) in [4.78, 5) is 29.8. The van der Waals surface area contributed by atoms with E-state index in [0.717, 1.165) is 87.2 Å². The second-order valence-corrected chi connectivity index (χ2v) is 24.0. The third-order valence-corrected chi connectivity index (χ3v) is 21.8. The van der Waals surface area contributed by atoms with Gasteiger partial charge in [0.1, 0.15) is 0 Å². The summed E-state index contributed by atoms with van der Waals surface area (Å²) < 4.78 is 41.7. The standard InChI is InChI=1S/C42H62O8S6/c1-7-9-11-12-13-14-18-27-28-24-29(40(19-15-10-8-2)55-22-17-23-56-40)48-42-31(28)32(34(43)45-3)39(35(44)46-4)26-38(36(47-5)49-42,25-30-53-20-16-21-54-30)41(42,33(27)39)50-37(51)52-6/h7-10,27-33,36H,11-26H2,1-6H3/b9-7+,10-8+/t27-,28-,29-,31-,32+,33+,36-,38+,39+,41-,42+/m1/s1. The molecule has 1 spiro atoms. The number of allylic oxidation sites excluding steroid dienone is 4. The number of hydrogen-bond donors (Lipinski definition) is 0. The number of esters is 2. The first kappa shape index (κ1) is 44.0. The summed E-state index contributed by atoms with van der Waals surface area (Å²) in [5.74, 6) is 0.282. The van der Waals surface area contributed by atoms with E-state index in [1.807, 2.05) is 53.3 Å². The first-order valence-electron chi connectivity index (χ1n) is 20.7. The van der Waals surface area contributed by atoms with Crippen LogP contribution in [0.2, 0.25) is 0 Å². The average Bonchev–Trinajstić information content (AvgIpc) is 3.57. The summed E-state index contributed by atoms with van der Waals surface area (Å²) in [6.07, 6.45) is 20.9. The highest BCUT2D eigenvalue weighted by molar-refractivity contribution is 8.22. The lowest BCUT2D eigenvalue weighted by Gasteiger charge is -2.72. The summed E-state index contributed by atoms with van der Waals surface area (Å²) in [5.41, 5.74) is -3.34. The van der Waals surface area contributed by atoms with Gasteiger partial charge in [0.15, 0.2) is 11.9 Å². The molecule has 8 nitrogen and oxygen atoms in total. The molecule has 11 atom stereocenters. The molecule has 4 heterocycles. The highest BCUT2D eigenvalue weighted by atomic mass is 32.2. The minimum Gasteiger partial charge on any atom is -0.469 e. The van der Waals surface area contributed by atoms with Crippen LogP contribution in [0, 0.1) is 40.4 Å². The van der Waals surface area contributed by atoms with Crippen molar-refractivity contribution in [2.75, 3.05) is 50.6 Å². The molecular formula is C42H62O8S6. The molecular weight excluding hydrogens is 825 g/mol. The zero-order chi connectivity index (χ0) is 39.8. The molecule has 0 aromatic rings. The van der Waals surface area contributed by atoms with Crippen LogP contribution < -0.4 is 0 Å². The Morgan fingerprint density at radius 1 is 0.929 bits per heavy atom. The minimum absolute atomic E-state index is 0.0160. The Labute approximate surface area is 361 Å². The zero-order valence-electron chi connectivity index (χ0n) is 34.0. The number of ether oxygens (including phenoxy) is 6. The van der Waals surface area contributed by atoms with E-state index in [-0.39, 0.29) is 32.6 Å². The van der Waals surface area contributed by atoms with E-state index in [0.29, 0.717) is 17.2 Å². The first-order chi connectivity index (χ1) is 27.2. The molecule has 0 unspecified atom stereocenters. The lowest BCUT2D eigenvalue weighted by Crippen LogP contribution is -2.83. The summed E-state index contributed by atoms with van der Waals surface area (Å²) in [5, 5.41) is 0. The van der Waals surface area contributed by atoms with E-state index < -0.39 is 52.2 Å². The normalized spacial score (nSPS) is 41.0. The van der Waals surface area contributed by atoms with Gasteiger partial charge in [0.25, 0.3) is 0 Å². The Morgan fingerprint density at radius 3 is 2.30 bits per heavy atom. The van der Waals surface area contributed by atoms with Gasteiger partial charge in [-0.1, -0.05) is 48.9 Å². The van der Waals surface area contributed by atoms with Crippen LogP contribution in [-0.4, -0.2) is 99.4 Å². The maximum absolute atomic E-state index is 15.1. The highest BCUT2D eigenvalue weighted by Crippen LogP contribution is 2.87. The molecule has 4 saturated heterocycles. The van der Waals surface area contributed by atoms with Crippen molar-refractivity contribution < 1.29 is 38.0 Å². The Balaban J connectivity index is 1.49. The molecule has 6 bridgehead atoms. The summed E-state index contributed by atoms with van der Waals surface area (Å²) in [7, 11) is 4.64. The minimum atomic E-state index is -1.42. The molecule has 8 rings (SSSR count). The van der Waals surface area contributed by atoms with Gasteiger partial charge in [-0.05, 0) is 131 Å². The van der Waals surface area contributed by atoms with Crippen LogP contribution in [0.15, 0.2) is 24.3 Å². The van der Waals surface area contributed by atoms with Crippen molar-refractivity contribution in [2.45, 2.75) is 123 Å². The summed E-state index contributed by atoms with van der Waals surface area (Å²) in [6.45, 7) is 4.16. The molecule has 0 aromatic carbocycles. The van der Waals surface area contributed by atoms with Crippen molar-refractivity contribution in [2.24, 2.45) is 40.4 Å². The Morgan fingerprint density at radius 2 is 1.64 bits per heavy atom. The van der Waals surface area contributed by atoms with Gasteiger partial charge in [0.2, 0.25) is 10.2 Å². The number of methoxy groups -OCH3 is 3. The smallest absolute Gasteiger partial charge is 0.313 e. The van der Waals surface area contributed by atoms with Crippen LogP contribution in [0.25, 0.3) is 0 Å². The molecule has 0 amide bonds. The predicted octanol–water partition coefficient (Wildman–Crippen LogP) is 9.74. The fraction of sp³-hybridized carbons (Fsp3) is 0.833. The molecule has 4 saturated carbocycles. The molecule has 0 aromatic heterocycles. The van der Waals surface area contributed by atoms with E-state index in [1.54, 1.807) is 7.11 Å². The highest BCUT2D eigenvalue weighted by Gasteiger charge is 2.99. The third-order valence-electron chi connectivity index (χ3n) is 14.3. The molecule has 0 radical (unpaired) electrons. The fourth-order valence-electron chi connectivity index (χ4n) is 12.7. The average molecular weight is 887 g/mol. The number of rotatable bonds is 16. The van der Waals surface area contributed by atoms with Crippen LogP contribution >= 0.6 is 71.0 Å². The summed E-state index contributed by atoms with van der Waals surface area (Å²) >= 11 is 15.5. The quantitative estimate of drug-likeness (QED) is 0.0638. The Hall–Kier alpha value is -0.0600. The maximum Gasteiger partial charge on any atom is 0.313 e. The molecule has 8 fully saturated rings. The monoisotopic (exact) mass is 886 g/mol. The van der Waals surface area contributed by atoms with Crippen molar-refractivity contribution in [3.05, 3.63) is 24.3 Å². The number of carbonyl (C=O) groups is 2. The second-order valence-electron chi connectivity index (χ2n) is 16.6. The predicted molar refractivity (Wildman–Crippen MR) is 237 cm³/mol. The van der Waals surface area contributed by atoms with E-state index >= 15 is 4.79 Å². The van der Waals surface area contributed by atoms with Crippen LogP contribution in [0.4, 0.5) is 0 Å². The third kappa shape index (κ3) is 6.72. The number of unbranched alkanes of at least 4 members (excludes halogenated alkanes) is 3. The van der Waals surface area contributed by atoms with Gasteiger partial charge in [-0.25, -0.2) is 0 Å². The molecule has 8 aliphatic rings. The number of thioether (sulfide) groups is 5. The van der Waals surface area contributed by atoms with E-state index in [9.17, 15) is 4.79 Å². The number of hydrogen-bond acceptors (Lipinski definition) is 14. The van der Waals surface area contributed by atoms with Crippen LogP contribution in [0.1, 0.15) is 90.9 Å². The SMILES string of the molecule is C/C=C/CCCCC[C@@H]1[C@H]2C[C@H](C3(CC/C=C/C)SCCCS3)O[C@]34O[C@@H](OC)[C@]5(CC6SCCCS6)C[C@](C(=O)OC)([C@H](C(=O)OC)[C@@H]23)[C@H]1[C@@]54OC(=S)SC.